The third-order valence-corrected chi connectivity index (χ3v) is 4.35. The number of benzene rings is 3. The first-order chi connectivity index (χ1) is 12.7. The highest BCUT2D eigenvalue weighted by atomic mass is 16.1. The minimum absolute atomic E-state index is 0.0839. The van der Waals surface area contributed by atoms with Crippen molar-refractivity contribution in [2.45, 2.75) is 20.0 Å². The van der Waals surface area contributed by atoms with Crippen molar-refractivity contribution in [1.82, 2.24) is 4.90 Å². The lowest BCUT2D eigenvalue weighted by atomic mass is 10.1. The van der Waals surface area contributed by atoms with E-state index in [9.17, 15) is 4.79 Å². The zero-order valence-electron chi connectivity index (χ0n) is 15.1. The van der Waals surface area contributed by atoms with Crippen LogP contribution in [0.25, 0.3) is 0 Å². The molecule has 0 spiro atoms. The van der Waals surface area contributed by atoms with E-state index < -0.39 is 0 Å². The van der Waals surface area contributed by atoms with Gasteiger partial charge in [-0.25, -0.2) is 0 Å². The Morgan fingerprint density at radius 2 is 1.31 bits per heavy atom. The number of anilines is 1. The Kier molecular flexibility index (Phi) is 6.18. The molecule has 0 fully saturated rings. The number of carbonyl (C=O) groups is 1. The van der Waals surface area contributed by atoms with Crippen molar-refractivity contribution < 1.29 is 4.79 Å². The molecule has 26 heavy (non-hydrogen) atoms. The van der Waals surface area contributed by atoms with Crippen molar-refractivity contribution in [1.29, 1.82) is 0 Å². The summed E-state index contributed by atoms with van der Waals surface area (Å²) in [5.41, 5.74) is 4.00. The number of rotatable bonds is 7. The molecular formula is C23H24N2O. The molecule has 0 saturated heterocycles. The molecule has 0 atom stereocenters. The zero-order chi connectivity index (χ0) is 18.2. The monoisotopic (exact) mass is 344 g/mol. The molecule has 3 heteroatoms. The fourth-order valence-corrected chi connectivity index (χ4v) is 2.87. The first-order valence-corrected chi connectivity index (χ1v) is 8.96. The predicted molar refractivity (Wildman–Crippen MR) is 107 cm³/mol. The molecule has 0 radical (unpaired) electrons. The summed E-state index contributed by atoms with van der Waals surface area (Å²) in [4.78, 5) is 14.7. The number of carbonyl (C=O) groups excluding carboxylic acids is 1. The van der Waals surface area contributed by atoms with Gasteiger partial charge in [-0.05, 0) is 41.9 Å². The summed E-state index contributed by atoms with van der Waals surface area (Å²) in [7, 11) is 0. The molecular weight excluding hydrogens is 320 g/mol. The SMILES string of the molecule is CCN(Cc1ccccc1)Cc1ccc(C(=O)Nc2ccccc2)cc1. The Bertz CT molecular complexity index is 814. The van der Waals surface area contributed by atoms with Crippen LogP contribution >= 0.6 is 0 Å². The number of nitrogens with zero attached hydrogens (tertiary/aromatic N) is 1. The molecule has 132 valence electrons. The average molecular weight is 344 g/mol. The first-order valence-electron chi connectivity index (χ1n) is 8.96. The van der Waals surface area contributed by atoms with Crippen LogP contribution in [0, 0.1) is 0 Å². The van der Waals surface area contributed by atoms with Gasteiger partial charge in [-0.3, -0.25) is 9.69 Å². The Morgan fingerprint density at radius 1 is 0.769 bits per heavy atom. The van der Waals surface area contributed by atoms with E-state index >= 15 is 0 Å². The molecule has 0 heterocycles. The van der Waals surface area contributed by atoms with Gasteiger partial charge in [-0.1, -0.05) is 67.6 Å². The maximum Gasteiger partial charge on any atom is 0.255 e. The maximum atomic E-state index is 12.3. The summed E-state index contributed by atoms with van der Waals surface area (Å²) in [6, 6.07) is 27.9. The molecule has 0 aliphatic heterocycles. The van der Waals surface area contributed by atoms with Gasteiger partial charge in [-0.2, -0.15) is 0 Å². The highest BCUT2D eigenvalue weighted by Crippen LogP contribution is 2.13. The van der Waals surface area contributed by atoms with Crippen LogP contribution in [-0.4, -0.2) is 17.4 Å². The molecule has 0 aliphatic rings. The fourth-order valence-electron chi connectivity index (χ4n) is 2.87. The molecule has 3 aromatic carbocycles. The Labute approximate surface area is 155 Å². The zero-order valence-corrected chi connectivity index (χ0v) is 15.1. The van der Waals surface area contributed by atoms with Gasteiger partial charge in [-0.15, -0.1) is 0 Å². The molecule has 3 rings (SSSR count). The second kappa shape index (κ2) is 8.97. The molecule has 0 unspecified atom stereocenters. The van der Waals surface area contributed by atoms with Crippen molar-refractivity contribution >= 4 is 11.6 Å². The Morgan fingerprint density at radius 3 is 1.88 bits per heavy atom. The first kappa shape index (κ1) is 17.9. The largest absolute Gasteiger partial charge is 0.322 e. The van der Waals surface area contributed by atoms with Crippen LogP contribution in [0.2, 0.25) is 0 Å². The molecule has 3 aromatic rings. The molecule has 3 nitrogen and oxygen atoms in total. The van der Waals surface area contributed by atoms with Crippen LogP contribution in [0.1, 0.15) is 28.4 Å². The summed E-state index contributed by atoms with van der Waals surface area (Å²) in [5.74, 6) is -0.0839. The summed E-state index contributed by atoms with van der Waals surface area (Å²) >= 11 is 0. The van der Waals surface area contributed by atoms with Crippen molar-refractivity contribution in [2.24, 2.45) is 0 Å². The minimum atomic E-state index is -0.0839. The third-order valence-electron chi connectivity index (χ3n) is 4.35. The topological polar surface area (TPSA) is 32.3 Å². The highest BCUT2D eigenvalue weighted by Gasteiger charge is 2.08. The van der Waals surface area contributed by atoms with Gasteiger partial charge in [0.1, 0.15) is 0 Å². The molecule has 0 aromatic heterocycles. The van der Waals surface area contributed by atoms with Crippen molar-refractivity contribution in [2.75, 3.05) is 11.9 Å². The second-order valence-corrected chi connectivity index (χ2v) is 6.31. The Balaban J connectivity index is 1.60. The molecule has 0 aliphatic carbocycles. The summed E-state index contributed by atoms with van der Waals surface area (Å²) < 4.78 is 0. The van der Waals surface area contributed by atoms with Gasteiger partial charge < -0.3 is 5.32 Å². The normalized spacial score (nSPS) is 10.7. The van der Waals surface area contributed by atoms with Crippen molar-refractivity contribution in [3.8, 4) is 0 Å². The van der Waals surface area contributed by atoms with Gasteiger partial charge in [0.15, 0.2) is 0 Å². The molecule has 0 bridgehead atoms. The van der Waals surface area contributed by atoms with E-state index in [-0.39, 0.29) is 5.91 Å². The van der Waals surface area contributed by atoms with E-state index in [4.69, 9.17) is 0 Å². The van der Waals surface area contributed by atoms with Crippen LogP contribution in [0.3, 0.4) is 0 Å². The number of hydrogen-bond donors (Lipinski definition) is 1. The van der Waals surface area contributed by atoms with E-state index in [1.807, 2.05) is 60.7 Å². The lowest BCUT2D eigenvalue weighted by Gasteiger charge is -2.20. The van der Waals surface area contributed by atoms with Crippen molar-refractivity contribution in [3.05, 3.63) is 102 Å². The lowest BCUT2D eigenvalue weighted by Crippen LogP contribution is -2.22. The van der Waals surface area contributed by atoms with Gasteiger partial charge in [0, 0.05) is 24.3 Å². The fraction of sp³-hybridized carbons (Fsp3) is 0.174. The predicted octanol–water partition coefficient (Wildman–Crippen LogP) is 4.96. The third kappa shape index (κ3) is 5.04. The Hall–Kier alpha value is -2.91. The second-order valence-electron chi connectivity index (χ2n) is 6.31. The number of hydrogen-bond acceptors (Lipinski definition) is 2. The van der Waals surface area contributed by atoms with Gasteiger partial charge in [0.05, 0.1) is 0 Å². The van der Waals surface area contributed by atoms with Crippen LogP contribution in [0.4, 0.5) is 5.69 Å². The van der Waals surface area contributed by atoms with E-state index in [2.05, 4.69) is 41.4 Å². The number of amides is 1. The van der Waals surface area contributed by atoms with E-state index in [0.717, 1.165) is 25.3 Å². The van der Waals surface area contributed by atoms with Crippen LogP contribution < -0.4 is 5.32 Å². The standard InChI is InChI=1S/C23H24N2O/c1-2-25(17-19-9-5-3-6-10-19)18-20-13-15-21(16-14-20)23(26)24-22-11-7-4-8-12-22/h3-16H,2,17-18H2,1H3,(H,24,26). The van der Waals surface area contributed by atoms with E-state index in [1.165, 1.54) is 11.1 Å². The van der Waals surface area contributed by atoms with Crippen LogP contribution in [-0.2, 0) is 13.1 Å². The molecule has 0 saturated carbocycles. The number of nitrogens with one attached hydrogen (secondary N) is 1. The molecule has 1 amide bonds. The van der Waals surface area contributed by atoms with Gasteiger partial charge in [0.25, 0.3) is 5.91 Å². The van der Waals surface area contributed by atoms with Gasteiger partial charge >= 0.3 is 0 Å². The van der Waals surface area contributed by atoms with Crippen LogP contribution in [0.5, 0.6) is 0 Å². The number of para-hydroxylation sites is 1. The minimum Gasteiger partial charge on any atom is -0.322 e. The highest BCUT2D eigenvalue weighted by molar-refractivity contribution is 6.04. The summed E-state index contributed by atoms with van der Waals surface area (Å²) in [6.07, 6.45) is 0. The smallest absolute Gasteiger partial charge is 0.255 e. The van der Waals surface area contributed by atoms with E-state index in [0.29, 0.717) is 5.56 Å². The quantitative estimate of drug-likeness (QED) is 0.657. The average Bonchev–Trinajstić information content (AvgIpc) is 2.69. The van der Waals surface area contributed by atoms with Crippen molar-refractivity contribution in [3.63, 3.8) is 0 Å². The molecule has 1 N–H and O–H groups in total. The lowest BCUT2D eigenvalue weighted by molar-refractivity contribution is 0.102. The summed E-state index contributed by atoms with van der Waals surface area (Å²) in [5, 5.41) is 2.91. The van der Waals surface area contributed by atoms with E-state index in [1.54, 1.807) is 0 Å². The van der Waals surface area contributed by atoms with Gasteiger partial charge in [0.2, 0.25) is 0 Å². The maximum absolute atomic E-state index is 12.3. The summed E-state index contributed by atoms with van der Waals surface area (Å²) in [6.45, 7) is 4.94. The van der Waals surface area contributed by atoms with Crippen LogP contribution in [0.15, 0.2) is 84.9 Å².